The van der Waals surface area contributed by atoms with Crippen LogP contribution in [0.1, 0.15) is 24.2 Å². The standard InChI is InChI=1S/C14H18N2O2/c1-3-11-4-6-12(7-5-11)13(17)10-16-9-8-15(2)14(16)18/h4-9,13,17H,3,10H2,1-2H3. The van der Waals surface area contributed by atoms with Crippen LogP contribution in [0.2, 0.25) is 0 Å². The van der Waals surface area contributed by atoms with E-state index in [4.69, 9.17) is 0 Å². The molecule has 1 heterocycles. The molecule has 1 N–H and O–H groups in total. The summed E-state index contributed by atoms with van der Waals surface area (Å²) in [6.45, 7) is 2.38. The van der Waals surface area contributed by atoms with Crippen molar-refractivity contribution < 1.29 is 5.11 Å². The van der Waals surface area contributed by atoms with E-state index in [0.29, 0.717) is 0 Å². The fourth-order valence-corrected chi connectivity index (χ4v) is 1.92. The minimum absolute atomic E-state index is 0.112. The van der Waals surface area contributed by atoms with E-state index >= 15 is 0 Å². The average molecular weight is 246 g/mol. The molecule has 1 aromatic carbocycles. The lowest BCUT2D eigenvalue weighted by atomic mass is 10.1. The van der Waals surface area contributed by atoms with Crippen molar-refractivity contribution in [3.8, 4) is 0 Å². The van der Waals surface area contributed by atoms with E-state index in [9.17, 15) is 9.90 Å². The van der Waals surface area contributed by atoms with Gasteiger partial charge in [0, 0.05) is 19.4 Å². The molecular weight excluding hydrogens is 228 g/mol. The predicted octanol–water partition coefficient (Wildman–Crippen LogP) is 1.48. The Hall–Kier alpha value is -1.81. The van der Waals surface area contributed by atoms with E-state index in [0.717, 1.165) is 12.0 Å². The van der Waals surface area contributed by atoms with Gasteiger partial charge in [-0.3, -0.25) is 4.57 Å². The molecule has 0 bridgehead atoms. The van der Waals surface area contributed by atoms with Crippen LogP contribution in [-0.2, 0) is 20.0 Å². The summed E-state index contributed by atoms with van der Waals surface area (Å²) in [4.78, 5) is 11.7. The van der Waals surface area contributed by atoms with Crippen LogP contribution in [0.5, 0.6) is 0 Å². The van der Waals surface area contributed by atoms with Crippen LogP contribution < -0.4 is 5.69 Å². The van der Waals surface area contributed by atoms with Gasteiger partial charge in [-0.15, -0.1) is 0 Å². The number of imidazole rings is 1. The topological polar surface area (TPSA) is 47.2 Å². The quantitative estimate of drug-likeness (QED) is 0.888. The molecular formula is C14H18N2O2. The fourth-order valence-electron chi connectivity index (χ4n) is 1.92. The molecule has 0 aliphatic rings. The molecule has 96 valence electrons. The lowest BCUT2D eigenvalue weighted by Crippen LogP contribution is -2.24. The highest BCUT2D eigenvalue weighted by molar-refractivity contribution is 5.24. The van der Waals surface area contributed by atoms with Crippen molar-refractivity contribution in [2.75, 3.05) is 0 Å². The predicted molar refractivity (Wildman–Crippen MR) is 70.5 cm³/mol. The first-order chi connectivity index (χ1) is 8.61. The van der Waals surface area contributed by atoms with Crippen LogP contribution in [-0.4, -0.2) is 14.2 Å². The van der Waals surface area contributed by atoms with E-state index in [-0.39, 0.29) is 12.2 Å². The first kappa shape index (κ1) is 12.6. The highest BCUT2D eigenvalue weighted by atomic mass is 16.3. The molecule has 0 spiro atoms. The van der Waals surface area contributed by atoms with Crippen molar-refractivity contribution >= 4 is 0 Å². The van der Waals surface area contributed by atoms with Crippen molar-refractivity contribution in [1.82, 2.24) is 9.13 Å². The molecule has 2 aromatic rings. The number of hydrogen-bond donors (Lipinski definition) is 1. The van der Waals surface area contributed by atoms with Crippen LogP contribution in [0, 0.1) is 0 Å². The van der Waals surface area contributed by atoms with Gasteiger partial charge in [-0.2, -0.15) is 0 Å². The molecule has 0 saturated heterocycles. The van der Waals surface area contributed by atoms with E-state index in [1.165, 1.54) is 14.7 Å². The Balaban J connectivity index is 2.14. The van der Waals surface area contributed by atoms with Gasteiger partial charge >= 0.3 is 5.69 Å². The first-order valence-electron chi connectivity index (χ1n) is 6.10. The number of aromatic nitrogens is 2. The molecule has 0 aliphatic carbocycles. The van der Waals surface area contributed by atoms with Gasteiger partial charge in [0.05, 0.1) is 12.6 Å². The van der Waals surface area contributed by atoms with Gasteiger partial charge in [0.15, 0.2) is 0 Å². The Morgan fingerprint density at radius 1 is 1.22 bits per heavy atom. The molecule has 4 nitrogen and oxygen atoms in total. The normalized spacial score (nSPS) is 12.6. The molecule has 2 rings (SSSR count). The molecule has 4 heteroatoms. The number of aryl methyl sites for hydroxylation is 2. The van der Waals surface area contributed by atoms with Gasteiger partial charge in [0.1, 0.15) is 0 Å². The maximum absolute atomic E-state index is 11.7. The summed E-state index contributed by atoms with van der Waals surface area (Å²) in [5.74, 6) is 0. The van der Waals surface area contributed by atoms with E-state index in [2.05, 4.69) is 6.92 Å². The summed E-state index contributed by atoms with van der Waals surface area (Å²) in [5.41, 5.74) is 1.96. The van der Waals surface area contributed by atoms with Crippen molar-refractivity contribution in [3.63, 3.8) is 0 Å². The number of hydrogen-bond acceptors (Lipinski definition) is 2. The van der Waals surface area contributed by atoms with E-state index in [1.807, 2.05) is 24.3 Å². The number of nitrogens with zero attached hydrogens (tertiary/aromatic N) is 2. The Labute approximate surface area is 106 Å². The molecule has 0 fully saturated rings. The third-order valence-electron chi connectivity index (χ3n) is 3.16. The minimum Gasteiger partial charge on any atom is -0.387 e. The second-order valence-corrected chi connectivity index (χ2v) is 4.45. The maximum Gasteiger partial charge on any atom is 0.327 e. The highest BCUT2D eigenvalue weighted by Gasteiger charge is 2.10. The highest BCUT2D eigenvalue weighted by Crippen LogP contribution is 2.15. The summed E-state index contributed by atoms with van der Waals surface area (Å²) in [6.07, 6.45) is 3.70. The van der Waals surface area contributed by atoms with Crippen LogP contribution in [0.25, 0.3) is 0 Å². The molecule has 1 atom stereocenters. The van der Waals surface area contributed by atoms with Crippen molar-refractivity contribution in [3.05, 3.63) is 58.3 Å². The van der Waals surface area contributed by atoms with E-state index < -0.39 is 6.10 Å². The van der Waals surface area contributed by atoms with E-state index in [1.54, 1.807) is 19.4 Å². The second-order valence-electron chi connectivity index (χ2n) is 4.45. The smallest absolute Gasteiger partial charge is 0.327 e. The minimum atomic E-state index is -0.656. The van der Waals surface area contributed by atoms with Gasteiger partial charge in [0.25, 0.3) is 0 Å². The molecule has 1 aromatic heterocycles. The zero-order chi connectivity index (χ0) is 13.1. The van der Waals surface area contributed by atoms with Crippen molar-refractivity contribution in [1.29, 1.82) is 0 Å². The maximum atomic E-state index is 11.7. The van der Waals surface area contributed by atoms with Crippen LogP contribution in [0.4, 0.5) is 0 Å². The van der Waals surface area contributed by atoms with Gasteiger partial charge in [-0.05, 0) is 17.5 Å². The van der Waals surface area contributed by atoms with Crippen molar-refractivity contribution in [2.45, 2.75) is 26.0 Å². The summed E-state index contributed by atoms with van der Waals surface area (Å²) in [7, 11) is 1.70. The Kier molecular flexibility index (Phi) is 3.67. The Bertz CT molecular complexity index is 566. The van der Waals surface area contributed by atoms with Gasteiger partial charge in [-0.1, -0.05) is 31.2 Å². The van der Waals surface area contributed by atoms with Gasteiger partial charge < -0.3 is 9.67 Å². The van der Waals surface area contributed by atoms with Crippen LogP contribution >= 0.6 is 0 Å². The number of aliphatic hydroxyl groups excluding tert-OH is 1. The molecule has 1 unspecified atom stereocenters. The molecule has 0 radical (unpaired) electrons. The van der Waals surface area contributed by atoms with Crippen LogP contribution in [0.3, 0.4) is 0 Å². The van der Waals surface area contributed by atoms with Gasteiger partial charge in [-0.25, -0.2) is 4.79 Å². The van der Waals surface area contributed by atoms with Gasteiger partial charge in [0.2, 0.25) is 0 Å². The molecule has 0 saturated carbocycles. The summed E-state index contributed by atoms with van der Waals surface area (Å²) >= 11 is 0. The number of rotatable bonds is 4. The Morgan fingerprint density at radius 3 is 2.39 bits per heavy atom. The third-order valence-corrected chi connectivity index (χ3v) is 3.16. The molecule has 0 amide bonds. The lowest BCUT2D eigenvalue weighted by molar-refractivity contribution is 0.155. The molecule has 18 heavy (non-hydrogen) atoms. The summed E-state index contributed by atoms with van der Waals surface area (Å²) in [5, 5.41) is 10.1. The lowest BCUT2D eigenvalue weighted by Gasteiger charge is -2.11. The Morgan fingerprint density at radius 2 is 1.89 bits per heavy atom. The van der Waals surface area contributed by atoms with Crippen LogP contribution in [0.15, 0.2) is 41.5 Å². The zero-order valence-corrected chi connectivity index (χ0v) is 10.7. The summed E-state index contributed by atoms with van der Waals surface area (Å²) in [6, 6.07) is 7.84. The number of benzene rings is 1. The second kappa shape index (κ2) is 5.23. The average Bonchev–Trinajstić information content (AvgIpc) is 2.71. The zero-order valence-electron chi connectivity index (χ0n) is 10.7. The first-order valence-corrected chi connectivity index (χ1v) is 6.10. The molecule has 0 aliphatic heterocycles. The summed E-state index contributed by atoms with van der Waals surface area (Å²) < 4.78 is 3.01. The monoisotopic (exact) mass is 246 g/mol. The largest absolute Gasteiger partial charge is 0.387 e. The van der Waals surface area contributed by atoms with Crippen molar-refractivity contribution in [2.24, 2.45) is 7.05 Å². The third kappa shape index (κ3) is 2.54. The fraction of sp³-hybridized carbons (Fsp3) is 0.357. The SMILES string of the molecule is CCc1ccc(C(O)Cn2ccn(C)c2=O)cc1. The number of aliphatic hydroxyl groups is 1.